The molecule has 11 rings (SSSR count). The van der Waals surface area contributed by atoms with Crippen LogP contribution in [0.5, 0.6) is 0 Å². The molecule has 0 spiro atoms. The third-order valence-corrected chi connectivity index (χ3v) is 10.2. The Hall–Kier alpha value is -5.87. The van der Waals surface area contributed by atoms with E-state index >= 15 is 4.39 Å². The number of aromatic nitrogens is 2. The largest absolute Gasteiger partial charge is 0.438 e. The molecule has 0 aliphatic heterocycles. The predicted octanol–water partition coefficient (Wildman–Crippen LogP) is 10.2. The van der Waals surface area contributed by atoms with Gasteiger partial charge in [-0.3, -0.25) is 0 Å². The summed E-state index contributed by atoms with van der Waals surface area (Å²) in [5.41, 5.74) is 7.56. The highest BCUT2D eigenvalue weighted by Gasteiger charge is 2.57. The molecule has 0 amide bonds. The van der Waals surface area contributed by atoms with Gasteiger partial charge in [0.25, 0.3) is 0 Å². The van der Waals surface area contributed by atoms with Crippen LogP contribution in [0.4, 0.5) is 4.39 Å². The van der Waals surface area contributed by atoms with E-state index in [1.807, 2.05) is 72.8 Å². The molecule has 4 heteroatoms. The Kier molecular flexibility index (Phi) is 5.37. The van der Waals surface area contributed by atoms with E-state index < -0.39 is 11.1 Å². The quantitative estimate of drug-likeness (QED) is 0.201. The Balaban J connectivity index is 1.37. The van der Waals surface area contributed by atoms with Crippen LogP contribution in [0.25, 0.3) is 44.5 Å². The van der Waals surface area contributed by atoms with Crippen molar-refractivity contribution in [1.82, 2.24) is 9.97 Å². The van der Waals surface area contributed by atoms with Crippen molar-refractivity contribution >= 4 is 22.1 Å². The molecule has 0 radical (unpaired) electrons. The van der Waals surface area contributed by atoms with Crippen LogP contribution in [0.1, 0.15) is 39.2 Å². The number of para-hydroxylation sites is 1. The molecule has 2 heterocycles. The lowest BCUT2D eigenvalue weighted by Crippen LogP contribution is -2.41. The minimum atomic E-state index is -1.69. The minimum Gasteiger partial charge on any atom is -0.438 e. The van der Waals surface area contributed by atoms with E-state index in [1.54, 1.807) is 0 Å². The van der Waals surface area contributed by atoms with Crippen molar-refractivity contribution in [2.75, 3.05) is 0 Å². The van der Waals surface area contributed by atoms with E-state index in [2.05, 4.69) is 78.9 Å². The second-order valence-electron chi connectivity index (χ2n) is 12.6. The molecule has 6 aromatic carbocycles. The molecule has 222 valence electrons. The number of nitrogens with zero attached hydrogens (tertiary/aromatic N) is 2. The Bertz CT molecular complexity index is 2480. The molecule has 0 atom stereocenters. The lowest BCUT2D eigenvalue weighted by molar-refractivity contribution is 0.215. The highest BCUT2D eigenvalue weighted by molar-refractivity contribution is 6.10. The first-order valence-corrected chi connectivity index (χ1v) is 16.0. The molecule has 0 N–H and O–H groups in total. The first kappa shape index (κ1) is 26.4. The van der Waals surface area contributed by atoms with Crippen LogP contribution in [0.2, 0.25) is 0 Å². The summed E-state index contributed by atoms with van der Waals surface area (Å²) in [6.45, 7) is 0. The second-order valence-corrected chi connectivity index (χ2v) is 12.6. The van der Waals surface area contributed by atoms with Gasteiger partial charge < -0.3 is 4.42 Å². The summed E-state index contributed by atoms with van der Waals surface area (Å²) >= 11 is 0. The topological polar surface area (TPSA) is 38.9 Å². The van der Waals surface area contributed by atoms with Crippen molar-refractivity contribution in [3.8, 4) is 22.4 Å². The predicted molar refractivity (Wildman–Crippen MR) is 184 cm³/mol. The zero-order chi connectivity index (χ0) is 31.2. The number of fused-ring (bicyclic) bond motifs is 3. The number of alkyl halides is 1. The van der Waals surface area contributed by atoms with Crippen LogP contribution in [-0.2, 0) is 17.5 Å². The average Bonchev–Trinajstić information content (AvgIpc) is 3.42. The first-order chi connectivity index (χ1) is 23.2. The number of hydrogen-bond acceptors (Lipinski definition) is 3. The zero-order valence-electron chi connectivity index (χ0n) is 25.3. The smallest absolute Gasteiger partial charge is 0.231 e. The van der Waals surface area contributed by atoms with Crippen LogP contribution < -0.4 is 0 Å². The SMILES string of the molecule is FC12Cc3ccccc3C(c3nc(-c4cccc(-c5ccccc5)c4)c4c(n3)oc3ccccc34)(c3ccccc31)c1ccccc12. The van der Waals surface area contributed by atoms with Crippen LogP contribution >= 0.6 is 0 Å². The molecule has 8 aromatic rings. The molecular formula is C43H27FN2O. The molecule has 2 aromatic heterocycles. The van der Waals surface area contributed by atoms with Crippen LogP contribution in [0.3, 0.4) is 0 Å². The Morgan fingerprint density at radius 2 is 1.13 bits per heavy atom. The fraction of sp³-hybridized carbons (Fsp3) is 0.0698. The maximum absolute atomic E-state index is 17.8. The number of furan rings is 1. The van der Waals surface area contributed by atoms with E-state index in [4.69, 9.17) is 14.4 Å². The van der Waals surface area contributed by atoms with Crippen molar-refractivity contribution in [3.05, 3.63) is 191 Å². The summed E-state index contributed by atoms with van der Waals surface area (Å²) < 4.78 is 24.4. The van der Waals surface area contributed by atoms with Gasteiger partial charge in [-0.2, -0.15) is 4.98 Å². The van der Waals surface area contributed by atoms with Gasteiger partial charge in [0.1, 0.15) is 11.0 Å². The van der Waals surface area contributed by atoms with Crippen molar-refractivity contribution in [3.63, 3.8) is 0 Å². The van der Waals surface area contributed by atoms with Crippen molar-refractivity contribution in [1.29, 1.82) is 0 Å². The van der Waals surface area contributed by atoms with Gasteiger partial charge in [0, 0.05) is 17.4 Å². The van der Waals surface area contributed by atoms with Crippen LogP contribution in [-0.4, -0.2) is 9.97 Å². The van der Waals surface area contributed by atoms with E-state index in [1.165, 1.54) is 0 Å². The van der Waals surface area contributed by atoms with Crippen LogP contribution in [0, 0.1) is 0 Å². The van der Waals surface area contributed by atoms with Gasteiger partial charge in [-0.05, 0) is 56.6 Å². The summed E-state index contributed by atoms with van der Waals surface area (Å²) in [6.07, 6.45) is 0.234. The molecule has 3 aliphatic carbocycles. The molecular weight excluding hydrogens is 579 g/mol. The Labute approximate surface area is 271 Å². The van der Waals surface area contributed by atoms with E-state index in [-0.39, 0.29) is 6.42 Å². The number of benzene rings is 6. The minimum absolute atomic E-state index is 0.234. The highest BCUT2D eigenvalue weighted by atomic mass is 19.1. The van der Waals surface area contributed by atoms with Gasteiger partial charge in [-0.25, -0.2) is 9.37 Å². The maximum atomic E-state index is 17.8. The lowest BCUT2D eigenvalue weighted by atomic mass is 9.61. The monoisotopic (exact) mass is 606 g/mol. The van der Waals surface area contributed by atoms with Crippen LogP contribution in [0.15, 0.2) is 156 Å². The van der Waals surface area contributed by atoms with Gasteiger partial charge in [-0.1, -0.05) is 140 Å². The summed E-state index contributed by atoms with van der Waals surface area (Å²) in [5.74, 6) is 0.570. The summed E-state index contributed by atoms with van der Waals surface area (Å²) in [7, 11) is 0. The molecule has 0 unspecified atom stereocenters. The molecule has 0 fully saturated rings. The maximum Gasteiger partial charge on any atom is 0.231 e. The molecule has 3 nitrogen and oxygen atoms in total. The molecule has 0 saturated carbocycles. The van der Waals surface area contributed by atoms with E-state index in [9.17, 15) is 0 Å². The van der Waals surface area contributed by atoms with Gasteiger partial charge in [0.2, 0.25) is 5.71 Å². The summed E-state index contributed by atoms with van der Waals surface area (Å²) in [4.78, 5) is 10.9. The third-order valence-electron chi connectivity index (χ3n) is 10.2. The Morgan fingerprint density at radius 1 is 0.532 bits per heavy atom. The van der Waals surface area contributed by atoms with Gasteiger partial charge in [0.15, 0.2) is 11.5 Å². The fourth-order valence-corrected chi connectivity index (χ4v) is 8.22. The molecule has 47 heavy (non-hydrogen) atoms. The molecule has 0 saturated heterocycles. The average molecular weight is 607 g/mol. The van der Waals surface area contributed by atoms with Gasteiger partial charge in [-0.15, -0.1) is 0 Å². The Morgan fingerprint density at radius 3 is 1.89 bits per heavy atom. The highest BCUT2D eigenvalue weighted by Crippen LogP contribution is 2.60. The van der Waals surface area contributed by atoms with Crippen molar-refractivity contribution in [2.45, 2.75) is 17.5 Å². The summed E-state index contributed by atoms with van der Waals surface area (Å²) in [5, 5.41) is 1.82. The van der Waals surface area contributed by atoms with Crippen molar-refractivity contribution < 1.29 is 8.81 Å². The normalized spacial score (nSPS) is 19.3. The third kappa shape index (κ3) is 3.50. The van der Waals surface area contributed by atoms with Gasteiger partial charge >= 0.3 is 0 Å². The standard InChI is InChI=1S/C43H27FN2O/c44-42-26-30-15-4-6-19-32(30)43(35-22-9-7-20-33(35)42,36-23-10-8-21-34(36)42)41-45-39(38-31-18-5-11-24-37(31)47-40(38)46-41)29-17-12-16-28(25-29)27-13-2-1-3-14-27/h1-25H,26H2. The number of halogens is 1. The zero-order valence-corrected chi connectivity index (χ0v) is 25.3. The fourth-order valence-electron chi connectivity index (χ4n) is 8.22. The number of hydrogen-bond donors (Lipinski definition) is 0. The molecule has 3 aliphatic rings. The van der Waals surface area contributed by atoms with E-state index in [0.29, 0.717) is 22.7 Å². The summed E-state index contributed by atoms with van der Waals surface area (Å²) in [6, 6.07) is 51.0. The van der Waals surface area contributed by atoms with Crippen molar-refractivity contribution in [2.24, 2.45) is 0 Å². The number of rotatable bonds is 3. The van der Waals surface area contributed by atoms with E-state index in [0.717, 1.165) is 61.0 Å². The van der Waals surface area contributed by atoms with Gasteiger partial charge in [0.05, 0.1) is 11.1 Å². The second kappa shape index (κ2) is 9.57. The first-order valence-electron chi connectivity index (χ1n) is 16.0. The molecule has 2 bridgehead atoms. The lowest BCUT2D eigenvalue weighted by Gasteiger charge is -2.42.